The minimum atomic E-state index is -0.466. The van der Waals surface area contributed by atoms with Crippen molar-refractivity contribution in [1.29, 1.82) is 0 Å². The maximum absolute atomic E-state index is 12.0. The van der Waals surface area contributed by atoms with Gasteiger partial charge in [-0.2, -0.15) is 0 Å². The molecule has 6 heteroatoms. The molecule has 1 N–H and O–H groups in total. The topological polar surface area (TPSA) is 63.2 Å². The van der Waals surface area contributed by atoms with E-state index in [1.165, 1.54) is 0 Å². The lowest BCUT2D eigenvalue weighted by molar-refractivity contribution is 0.0276. The van der Waals surface area contributed by atoms with Gasteiger partial charge in [-0.25, -0.2) is 4.79 Å². The predicted octanol–water partition coefficient (Wildman–Crippen LogP) is 1.51. The first-order valence-corrected chi connectivity index (χ1v) is 7.06. The Kier molecular flexibility index (Phi) is 6.26. The molecule has 0 aromatic rings. The number of hydrogen-bond donors (Lipinski definition) is 1. The van der Waals surface area contributed by atoms with E-state index in [9.17, 15) is 4.79 Å². The van der Waals surface area contributed by atoms with Gasteiger partial charge in [-0.1, -0.05) is 6.92 Å². The average molecular weight is 285 g/mol. The van der Waals surface area contributed by atoms with Crippen LogP contribution in [-0.4, -0.2) is 62.3 Å². The molecule has 1 rings (SSSR count). The molecule has 1 unspecified atom stereocenters. The second-order valence-electron chi connectivity index (χ2n) is 6.17. The Bertz CT molecular complexity index is 350. The summed E-state index contributed by atoms with van der Waals surface area (Å²) in [5.74, 6) is 1.24. The van der Waals surface area contributed by atoms with E-state index in [-0.39, 0.29) is 6.09 Å². The largest absolute Gasteiger partial charge is 0.444 e. The average Bonchev–Trinajstić information content (AvgIpc) is 2.35. The Balaban J connectivity index is 2.42. The minimum Gasteiger partial charge on any atom is -0.444 e. The van der Waals surface area contributed by atoms with Crippen LogP contribution in [0, 0.1) is 5.92 Å². The van der Waals surface area contributed by atoms with Gasteiger partial charge in [0.2, 0.25) is 0 Å². The Morgan fingerprint density at radius 1 is 1.50 bits per heavy atom. The summed E-state index contributed by atoms with van der Waals surface area (Å²) in [4.78, 5) is 18.1. The molecule has 1 atom stereocenters. The maximum Gasteiger partial charge on any atom is 0.410 e. The molecule has 1 amide bonds. The normalized spacial score (nSPS) is 17.4. The Hall–Kier alpha value is -1.30. The van der Waals surface area contributed by atoms with E-state index >= 15 is 0 Å². The van der Waals surface area contributed by atoms with Gasteiger partial charge < -0.3 is 14.8 Å². The number of aliphatic imine (C=N–C) groups is 1. The maximum atomic E-state index is 12.0. The molecule has 0 aromatic heterocycles. The molecule has 0 aliphatic carbocycles. The van der Waals surface area contributed by atoms with Crippen LogP contribution in [0.5, 0.6) is 0 Å². The fraction of sp³-hybridized carbons (Fsp3) is 0.857. The van der Waals surface area contributed by atoms with Gasteiger partial charge in [-0.3, -0.25) is 9.89 Å². The van der Waals surface area contributed by atoms with E-state index in [0.29, 0.717) is 32.2 Å². The molecule has 1 aliphatic rings. The summed E-state index contributed by atoms with van der Waals surface area (Å²) < 4.78 is 10.5. The van der Waals surface area contributed by atoms with Gasteiger partial charge in [0.1, 0.15) is 11.4 Å². The zero-order valence-electron chi connectivity index (χ0n) is 13.2. The molecule has 1 heterocycles. The van der Waals surface area contributed by atoms with Crippen molar-refractivity contribution in [2.24, 2.45) is 10.9 Å². The van der Waals surface area contributed by atoms with Crippen LogP contribution < -0.4 is 5.32 Å². The van der Waals surface area contributed by atoms with Gasteiger partial charge in [0.25, 0.3) is 0 Å². The number of methoxy groups -OCH3 is 1. The zero-order chi connectivity index (χ0) is 15.2. The van der Waals surface area contributed by atoms with Gasteiger partial charge in [-0.05, 0) is 26.7 Å². The summed E-state index contributed by atoms with van der Waals surface area (Å²) in [5.41, 5.74) is -0.466. The molecule has 1 aliphatic heterocycles. The summed E-state index contributed by atoms with van der Waals surface area (Å²) in [6.45, 7) is 10.9. The molecule has 0 radical (unpaired) electrons. The third-order valence-corrected chi connectivity index (χ3v) is 2.77. The molecule has 6 nitrogen and oxygen atoms in total. The molecule has 0 saturated carbocycles. The Morgan fingerprint density at radius 3 is 2.80 bits per heavy atom. The SMILES string of the molecule is COCC(C)CNC1=NCCN(C(=O)OC(C)(C)C)C1. The summed E-state index contributed by atoms with van der Waals surface area (Å²) in [6, 6.07) is 0. The number of hydrogen-bond acceptors (Lipinski definition) is 5. The highest BCUT2D eigenvalue weighted by Gasteiger charge is 2.24. The van der Waals surface area contributed by atoms with E-state index in [4.69, 9.17) is 9.47 Å². The fourth-order valence-electron chi connectivity index (χ4n) is 1.85. The number of nitrogens with zero attached hydrogens (tertiary/aromatic N) is 2. The van der Waals surface area contributed by atoms with Crippen LogP contribution in [0.4, 0.5) is 4.79 Å². The quantitative estimate of drug-likeness (QED) is 0.850. The van der Waals surface area contributed by atoms with Crippen molar-refractivity contribution in [3.8, 4) is 0 Å². The molecule has 0 fully saturated rings. The number of rotatable bonds is 4. The van der Waals surface area contributed by atoms with Crippen molar-refractivity contribution in [3.63, 3.8) is 0 Å². The summed E-state index contributed by atoms with van der Waals surface area (Å²) in [5, 5.41) is 3.27. The van der Waals surface area contributed by atoms with Crippen molar-refractivity contribution in [3.05, 3.63) is 0 Å². The van der Waals surface area contributed by atoms with Crippen LogP contribution in [0.15, 0.2) is 4.99 Å². The third kappa shape index (κ3) is 6.23. The van der Waals surface area contributed by atoms with E-state index in [2.05, 4.69) is 17.2 Å². The third-order valence-electron chi connectivity index (χ3n) is 2.77. The molecular weight excluding hydrogens is 258 g/mol. The standard InChI is InChI=1S/C14H27N3O3/c1-11(10-19-5)8-16-12-9-17(7-6-15-12)13(18)20-14(2,3)4/h11H,6-10H2,1-5H3,(H,15,16). The first-order valence-electron chi connectivity index (χ1n) is 7.06. The zero-order valence-corrected chi connectivity index (χ0v) is 13.2. The lowest BCUT2D eigenvalue weighted by atomic mass is 10.2. The number of ether oxygens (including phenoxy) is 2. The van der Waals surface area contributed by atoms with Gasteiger partial charge >= 0.3 is 6.09 Å². The first kappa shape index (κ1) is 16.8. The fourth-order valence-corrected chi connectivity index (χ4v) is 1.85. The Morgan fingerprint density at radius 2 is 2.20 bits per heavy atom. The number of nitrogens with one attached hydrogen (secondary N) is 1. The lowest BCUT2D eigenvalue weighted by Gasteiger charge is -2.30. The summed E-state index contributed by atoms with van der Waals surface area (Å²) in [6.07, 6.45) is -0.281. The molecule has 20 heavy (non-hydrogen) atoms. The van der Waals surface area contributed by atoms with E-state index in [1.54, 1.807) is 12.0 Å². The van der Waals surface area contributed by atoms with Gasteiger partial charge in [0, 0.05) is 20.2 Å². The van der Waals surface area contributed by atoms with Crippen molar-refractivity contribution >= 4 is 11.9 Å². The molecule has 0 spiro atoms. The van der Waals surface area contributed by atoms with E-state index < -0.39 is 5.60 Å². The monoisotopic (exact) mass is 285 g/mol. The highest BCUT2D eigenvalue weighted by molar-refractivity contribution is 5.87. The predicted molar refractivity (Wildman–Crippen MR) is 79.2 cm³/mol. The van der Waals surface area contributed by atoms with Crippen molar-refractivity contribution < 1.29 is 14.3 Å². The van der Waals surface area contributed by atoms with Gasteiger partial charge in [0.15, 0.2) is 0 Å². The Labute approximate surface area is 121 Å². The summed E-state index contributed by atoms with van der Waals surface area (Å²) in [7, 11) is 1.69. The molecule has 0 aromatic carbocycles. The molecule has 116 valence electrons. The second-order valence-corrected chi connectivity index (χ2v) is 6.17. The van der Waals surface area contributed by atoms with Crippen LogP contribution in [0.2, 0.25) is 0 Å². The molecular formula is C14H27N3O3. The minimum absolute atomic E-state index is 0.281. The van der Waals surface area contributed by atoms with Gasteiger partial charge in [-0.15, -0.1) is 0 Å². The number of amidine groups is 1. The number of carbonyl (C=O) groups is 1. The molecule has 0 saturated heterocycles. The first-order chi connectivity index (χ1) is 9.31. The number of carbonyl (C=O) groups excluding carboxylic acids is 1. The van der Waals surface area contributed by atoms with Crippen LogP contribution in [0.1, 0.15) is 27.7 Å². The second kappa shape index (κ2) is 7.47. The van der Waals surface area contributed by atoms with Crippen molar-refractivity contribution in [2.75, 3.05) is 39.9 Å². The lowest BCUT2D eigenvalue weighted by Crippen LogP contribution is -2.48. The highest BCUT2D eigenvalue weighted by atomic mass is 16.6. The van der Waals surface area contributed by atoms with Crippen molar-refractivity contribution in [2.45, 2.75) is 33.3 Å². The van der Waals surface area contributed by atoms with Crippen LogP contribution in [0.3, 0.4) is 0 Å². The highest BCUT2D eigenvalue weighted by Crippen LogP contribution is 2.11. The van der Waals surface area contributed by atoms with Crippen LogP contribution >= 0.6 is 0 Å². The van der Waals surface area contributed by atoms with Crippen LogP contribution in [0.25, 0.3) is 0 Å². The smallest absolute Gasteiger partial charge is 0.410 e. The van der Waals surface area contributed by atoms with Crippen LogP contribution in [-0.2, 0) is 9.47 Å². The number of amides is 1. The summed E-state index contributed by atoms with van der Waals surface area (Å²) >= 11 is 0. The van der Waals surface area contributed by atoms with E-state index in [1.807, 2.05) is 20.8 Å². The van der Waals surface area contributed by atoms with Crippen molar-refractivity contribution in [1.82, 2.24) is 10.2 Å². The van der Waals surface area contributed by atoms with Gasteiger partial charge in [0.05, 0.1) is 19.7 Å². The molecule has 0 bridgehead atoms. The van der Waals surface area contributed by atoms with E-state index in [0.717, 1.165) is 12.4 Å².